The van der Waals surface area contributed by atoms with Gasteiger partial charge < -0.3 is 9.64 Å². The summed E-state index contributed by atoms with van der Waals surface area (Å²) in [5.41, 5.74) is 1.72. The van der Waals surface area contributed by atoms with Gasteiger partial charge in [0.1, 0.15) is 5.75 Å². The summed E-state index contributed by atoms with van der Waals surface area (Å²) in [6.07, 6.45) is 0. The van der Waals surface area contributed by atoms with E-state index in [0.29, 0.717) is 11.3 Å². The second-order valence-corrected chi connectivity index (χ2v) is 6.30. The predicted octanol–water partition coefficient (Wildman–Crippen LogP) is 4.91. The number of esters is 1. The molecule has 2 aromatic rings. The zero-order valence-corrected chi connectivity index (χ0v) is 18.6. The van der Waals surface area contributed by atoms with Crippen molar-refractivity contribution in [2.24, 2.45) is 0 Å². The first kappa shape index (κ1) is 26.4. The van der Waals surface area contributed by atoms with Gasteiger partial charge in [-0.2, -0.15) is 0 Å². The van der Waals surface area contributed by atoms with Crippen molar-refractivity contribution in [3.63, 3.8) is 0 Å². The minimum absolute atomic E-state index is 0. The Bertz CT molecular complexity index is 679. The highest BCUT2D eigenvalue weighted by Crippen LogP contribution is 2.14. The van der Waals surface area contributed by atoms with Crippen molar-refractivity contribution < 1.29 is 9.53 Å². The van der Waals surface area contributed by atoms with Gasteiger partial charge in [-0.25, -0.2) is 4.79 Å². The van der Waals surface area contributed by atoms with Gasteiger partial charge in [-0.3, -0.25) is 4.90 Å². The van der Waals surface area contributed by atoms with E-state index in [1.807, 2.05) is 30.3 Å². The van der Waals surface area contributed by atoms with Crippen LogP contribution in [0.15, 0.2) is 54.6 Å². The third kappa shape index (κ3) is 8.61. The monoisotopic (exact) mass is 426 g/mol. The summed E-state index contributed by atoms with van der Waals surface area (Å²) in [7, 11) is 0. The van der Waals surface area contributed by atoms with E-state index in [1.54, 1.807) is 18.2 Å². The lowest BCUT2D eigenvalue weighted by Gasteiger charge is -2.25. The molecular weight excluding hydrogens is 395 g/mol. The summed E-state index contributed by atoms with van der Waals surface area (Å²) in [4.78, 5) is 17.2. The highest BCUT2D eigenvalue weighted by molar-refractivity contribution is 5.91. The number of halogens is 2. The molecule has 2 rings (SSSR count). The molecule has 2 aromatic carbocycles. The van der Waals surface area contributed by atoms with Crippen LogP contribution < -0.4 is 4.74 Å². The SMILES string of the molecule is CCN(CC)CCN(CC)Cc1cccc(C(=O)Oc2ccccc2)c1.Cl.Cl. The van der Waals surface area contributed by atoms with E-state index in [-0.39, 0.29) is 30.8 Å². The largest absolute Gasteiger partial charge is 0.423 e. The number of nitrogens with zero attached hydrogens (tertiary/aromatic N) is 2. The van der Waals surface area contributed by atoms with Crippen LogP contribution in [0.1, 0.15) is 36.7 Å². The van der Waals surface area contributed by atoms with Crippen molar-refractivity contribution in [1.82, 2.24) is 9.80 Å². The molecule has 156 valence electrons. The Kier molecular flexibility index (Phi) is 13.6. The number of hydrogen-bond donors (Lipinski definition) is 0. The normalized spacial score (nSPS) is 10.3. The number of benzene rings is 2. The van der Waals surface area contributed by atoms with Gasteiger partial charge in [-0.05, 0) is 49.5 Å². The van der Waals surface area contributed by atoms with Crippen molar-refractivity contribution in [2.75, 3.05) is 32.7 Å². The zero-order valence-electron chi connectivity index (χ0n) is 17.0. The van der Waals surface area contributed by atoms with Crippen LogP contribution >= 0.6 is 24.8 Å². The highest BCUT2D eigenvalue weighted by atomic mass is 35.5. The molecule has 0 fully saturated rings. The molecule has 0 heterocycles. The van der Waals surface area contributed by atoms with Crippen LogP contribution in [0.25, 0.3) is 0 Å². The van der Waals surface area contributed by atoms with Crippen LogP contribution in [-0.2, 0) is 6.54 Å². The third-order valence-electron chi connectivity index (χ3n) is 4.60. The van der Waals surface area contributed by atoms with Crippen LogP contribution in [0.5, 0.6) is 5.75 Å². The van der Waals surface area contributed by atoms with Gasteiger partial charge in [-0.1, -0.05) is 51.1 Å². The van der Waals surface area contributed by atoms with Crippen LogP contribution in [0, 0.1) is 0 Å². The summed E-state index contributed by atoms with van der Waals surface area (Å²) in [6.45, 7) is 12.6. The molecule has 6 heteroatoms. The number of rotatable bonds is 10. The van der Waals surface area contributed by atoms with E-state index in [0.717, 1.165) is 44.8 Å². The molecule has 0 spiro atoms. The van der Waals surface area contributed by atoms with E-state index < -0.39 is 0 Å². The Morgan fingerprint density at radius 3 is 2.04 bits per heavy atom. The molecule has 28 heavy (non-hydrogen) atoms. The molecule has 0 radical (unpaired) electrons. The van der Waals surface area contributed by atoms with Gasteiger partial charge in [0, 0.05) is 19.6 Å². The maximum atomic E-state index is 12.4. The standard InChI is InChI=1S/C22H30N2O2.2ClH/c1-4-23(5-2)15-16-24(6-3)18-19-11-10-12-20(17-19)22(25)26-21-13-8-7-9-14-21;;/h7-14,17H,4-6,15-16,18H2,1-3H3;2*1H. The summed E-state index contributed by atoms with van der Waals surface area (Å²) < 4.78 is 5.44. The summed E-state index contributed by atoms with van der Waals surface area (Å²) in [5.74, 6) is 0.251. The van der Waals surface area contributed by atoms with Gasteiger partial charge >= 0.3 is 5.97 Å². The first-order valence-corrected chi connectivity index (χ1v) is 9.47. The van der Waals surface area contributed by atoms with Crippen LogP contribution in [-0.4, -0.2) is 48.5 Å². The molecule has 0 aromatic heterocycles. The number of carbonyl (C=O) groups is 1. The predicted molar refractivity (Wildman–Crippen MR) is 121 cm³/mol. The Balaban J connectivity index is 0.00000364. The Morgan fingerprint density at radius 2 is 1.43 bits per heavy atom. The van der Waals surface area contributed by atoms with Crippen molar-refractivity contribution >= 4 is 30.8 Å². The van der Waals surface area contributed by atoms with Crippen LogP contribution in [0.2, 0.25) is 0 Å². The number of hydrogen-bond acceptors (Lipinski definition) is 4. The Morgan fingerprint density at radius 1 is 0.821 bits per heavy atom. The lowest BCUT2D eigenvalue weighted by atomic mass is 10.1. The smallest absolute Gasteiger partial charge is 0.343 e. The fourth-order valence-electron chi connectivity index (χ4n) is 2.88. The van der Waals surface area contributed by atoms with E-state index in [2.05, 4.69) is 36.6 Å². The lowest BCUT2D eigenvalue weighted by molar-refractivity contribution is 0.0734. The van der Waals surface area contributed by atoms with Crippen molar-refractivity contribution in [1.29, 1.82) is 0 Å². The van der Waals surface area contributed by atoms with Crippen molar-refractivity contribution in [3.8, 4) is 5.75 Å². The molecule has 0 amide bonds. The van der Waals surface area contributed by atoms with Crippen LogP contribution in [0.4, 0.5) is 0 Å². The lowest BCUT2D eigenvalue weighted by Crippen LogP contribution is -2.34. The van der Waals surface area contributed by atoms with Gasteiger partial charge in [0.25, 0.3) is 0 Å². The van der Waals surface area contributed by atoms with Gasteiger partial charge in [0.2, 0.25) is 0 Å². The van der Waals surface area contributed by atoms with Gasteiger partial charge in [-0.15, -0.1) is 24.8 Å². The summed E-state index contributed by atoms with van der Waals surface area (Å²) in [6, 6.07) is 16.9. The maximum absolute atomic E-state index is 12.4. The number of para-hydroxylation sites is 1. The highest BCUT2D eigenvalue weighted by Gasteiger charge is 2.11. The number of carbonyl (C=O) groups excluding carboxylic acids is 1. The summed E-state index contributed by atoms with van der Waals surface area (Å²) >= 11 is 0. The second kappa shape index (κ2) is 14.4. The van der Waals surface area contributed by atoms with Gasteiger partial charge in [0.05, 0.1) is 5.56 Å². The molecule has 0 saturated heterocycles. The zero-order chi connectivity index (χ0) is 18.8. The molecule has 0 bridgehead atoms. The molecule has 0 saturated carbocycles. The Hall–Kier alpha value is -1.59. The summed E-state index contributed by atoms with van der Waals surface area (Å²) in [5, 5.41) is 0. The van der Waals surface area contributed by atoms with E-state index in [9.17, 15) is 4.79 Å². The fourth-order valence-corrected chi connectivity index (χ4v) is 2.88. The Labute approximate surface area is 181 Å². The molecule has 0 aliphatic rings. The van der Waals surface area contributed by atoms with Crippen LogP contribution in [0.3, 0.4) is 0 Å². The number of ether oxygens (including phenoxy) is 1. The van der Waals surface area contributed by atoms with Crippen molar-refractivity contribution in [2.45, 2.75) is 27.3 Å². The molecule has 4 nitrogen and oxygen atoms in total. The average molecular weight is 427 g/mol. The molecule has 0 aliphatic heterocycles. The second-order valence-electron chi connectivity index (χ2n) is 6.30. The fraction of sp³-hybridized carbons (Fsp3) is 0.409. The topological polar surface area (TPSA) is 32.8 Å². The first-order valence-electron chi connectivity index (χ1n) is 9.47. The van der Waals surface area contributed by atoms with Crippen molar-refractivity contribution in [3.05, 3.63) is 65.7 Å². The molecule has 0 atom stereocenters. The minimum atomic E-state index is -0.316. The first-order chi connectivity index (χ1) is 12.7. The maximum Gasteiger partial charge on any atom is 0.343 e. The molecule has 0 aliphatic carbocycles. The number of likely N-dealkylation sites (N-methyl/N-ethyl adjacent to an activating group) is 2. The van der Waals surface area contributed by atoms with E-state index in [4.69, 9.17) is 4.74 Å². The quantitative estimate of drug-likeness (QED) is 0.398. The van der Waals surface area contributed by atoms with E-state index in [1.165, 1.54) is 0 Å². The average Bonchev–Trinajstić information content (AvgIpc) is 2.68. The third-order valence-corrected chi connectivity index (χ3v) is 4.60. The molecular formula is C22H32Cl2N2O2. The van der Waals surface area contributed by atoms with Gasteiger partial charge in [0.15, 0.2) is 0 Å². The molecule has 0 unspecified atom stereocenters. The van der Waals surface area contributed by atoms with E-state index >= 15 is 0 Å². The molecule has 0 N–H and O–H groups in total. The minimum Gasteiger partial charge on any atom is -0.423 e.